The van der Waals surface area contributed by atoms with Crippen LogP contribution in [-0.2, 0) is 10.0 Å². The van der Waals surface area contributed by atoms with Crippen LogP contribution in [0.4, 0.5) is 11.4 Å². The molecule has 1 heterocycles. The maximum absolute atomic E-state index is 12.3. The molecule has 0 aliphatic carbocycles. The average Bonchev–Trinajstić information content (AvgIpc) is 2.77. The number of hydrogen-bond donors (Lipinski definition) is 1. The molecule has 1 saturated heterocycles. The number of anilines is 1. The van der Waals surface area contributed by atoms with Gasteiger partial charge in [0.25, 0.3) is 5.69 Å². The number of methoxy groups -OCH3 is 1. The zero-order valence-corrected chi connectivity index (χ0v) is 17.7. The van der Waals surface area contributed by atoms with E-state index in [0.29, 0.717) is 13.0 Å². The number of para-hydroxylation sites is 2. The highest BCUT2D eigenvalue weighted by atomic mass is 32.2. The number of nitrogens with zero attached hydrogens (tertiary/aromatic N) is 3. The van der Waals surface area contributed by atoms with Crippen LogP contribution in [0, 0.1) is 10.1 Å². The van der Waals surface area contributed by atoms with Gasteiger partial charge in [-0.25, -0.2) is 13.1 Å². The van der Waals surface area contributed by atoms with Crippen molar-refractivity contribution in [3.8, 4) is 5.75 Å². The molecule has 9 nitrogen and oxygen atoms in total. The Hall–Kier alpha value is -2.69. The monoisotopic (exact) mass is 434 g/mol. The lowest BCUT2D eigenvalue weighted by atomic mass is 10.2. The van der Waals surface area contributed by atoms with Gasteiger partial charge in [0, 0.05) is 44.9 Å². The molecule has 30 heavy (non-hydrogen) atoms. The summed E-state index contributed by atoms with van der Waals surface area (Å²) in [6.45, 7) is 4.67. The molecular formula is C20H26N4O5S. The maximum atomic E-state index is 12.3. The van der Waals surface area contributed by atoms with Crippen molar-refractivity contribution >= 4 is 21.4 Å². The Balaban J connectivity index is 1.42. The largest absolute Gasteiger partial charge is 0.495 e. The molecule has 0 atom stereocenters. The van der Waals surface area contributed by atoms with Gasteiger partial charge in [-0.3, -0.25) is 15.0 Å². The number of rotatable bonds is 9. The van der Waals surface area contributed by atoms with Crippen LogP contribution in [-0.4, -0.2) is 64.6 Å². The van der Waals surface area contributed by atoms with Gasteiger partial charge in [0.15, 0.2) is 0 Å². The van der Waals surface area contributed by atoms with Crippen molar-refractivity contribution in [2.45, 2.75) is 11.3 Å². The number of nitrogens with one attached hydrogen (secondary N) is 1. The molecule has 0 radical (unpaired) electrons. The first-order chi connectivity index (χ1) is 14.4. The fourth-order valence-electron chi connectivity index (χ4n) is 3.44. The summed E-state index contributed by atoms with van der Waals surface area (Å²) in [5.74, 6) is 0.867. The predicted octanol–water partition coefficient (Wildman–Crippen LogP) is 2.09. The molecule has 0 spiro atoms. The lowest BCUT2D eigenvalue weighted by Gasteiger charge is -2.36. The fraction of sp³-hybridized carbons (Fsp3) is 0.400. The highest BCUT2D eigenvalue weighted by molar-refractivity contribution is 7.89. The minimum absolute atomic E-state index is 0.0264. The summed E-state index contributed by atoms with van der Waals surface area (Å²) in [7, 11) is -2.00. The molecule has 0 unspecified atom stereocenters. The van der Waals surface area contributed by atoms with Crippen LogP contribution in [0.2, 0.25) is 0 Å². The van der Waals surface area contributed by atoms with Crippen molar-refractivity contribution in [1.29, 1.82) is 0 Å². The molecule has 1 N–H and O–H groups in total. The molecule has 162 valence electrons. The molecular weight excluding hydrogens is 408 g/mol. The summed E-state index contributed by atoms with van der Waals surface area (Å²) < 4.78 is 32.6. The SMILES string of the molecule is COc1ccccc1N1CCN(CCCNS(=O)(=O)c2ccc([N+](=O)[O-])cc2)CC1. The Kier molecular flexibility index (Phi) is 7.24. The minimum Gasteiger partial charge on any atom is -0.495 e. The Morgan fingerprint density at radius 1 is 1.07 bits per heavy atom. The number of benzene rings is 2. The van der Waals surface area contributed by atoms with E-state index in [0.717, 1.165) is 44.2 Å². The zero-order valence-electron chi connectivity index (χ0n) is 16.9. The third-order valence-corrected chi connectivity index (χ3v) is 6.58. The number of nitro benzene ring substituents is 1. The van der Waals surface area contributed by atoms with Gasteiger partial charge < -0.3 is 9.64 Å². The Morgan fingerprint density at radius 3 is 2.37 bits per heavy atom. The number of nitro groups is 1. The van der Waals surface area contributed by atoms with Crippen molar-refractivity contribution in [2.75, 3.05) is 51.3 Å². The van der Waals surface area contributed by atoms with Crippen molar-refractivity contribution in [1.82, 2.24) is 9.62 Å². The molecule has 2 aromatic carbocycles. The number of sulfonamides is 1. The Bertz CT molecular complexity index is 957. The van der Waals surface area contributed by atoms with E-state index in [4.69, 9.17) is 4.74 Å². The van der Waals surface area contributed by atoms with Crippen LogP contribution >= 0.6 is 0 Å². The zero-order chi connectivity index (χ0) is 21.6. The lowest BCUT2D eigenvalue weighted by Crippen LogP contribution is -2.47. The van der Waals surface area contributed by atoms with Crippen LogP contribution < -0.4 is 14.4 Å². The second-order valence-corrected chi connectivity index (χ2v) is 8.77. The third kappa shape index (κ3) is 5.47. The van der Waals surface area contributed by atoms with Crippen molar-refractivity contribution in [3.63, 3.8) is 0 Å². The van der Waals surface area contributed by atoms with Crippen molar-refractivity contribution in [2.24, 2.45) is 0 Å². The molecule has 1 fully saturated rings. The van der Waals surface area contributed by atoms with Crippen molar-refractivity contribution < 1.29 is 18.1 Å². The topological polar surface area (TPSA) is 105 Å². The second kappa shape index (κ2) is 9.88. The molecule has 2 aromatic rings. The van der Waals surface area contributed by atoms with Crippen LogP contribution in [0.5, 0.6) is 5.75 Å². The van der Waals surface area contributed by atoms with E-state index in [9.17, 15) is 18.5 Å². The predicted molar refractivity (Wildman–Crippen MR) is 115 cm³/mol. The van der Waals surface area contributed by atoms with E-state index in [2.05, 4.69) is 20.6 Å². The molecule has 3 rings (SSSR count). The molecule has 1 aliphatic rings. The molecule has 0 bridgehead atoms. The molecule has 1 aliphatic heterocycles. The summed E-state index contributed by atoms with van der Waals surface area (Å²) in [6.07, 6.45) is 0.681. The second-order valence-electron chi connectivity index (χ2n) is 7.00. The van der Waals surface area contributed by atoms with Crippen LogP contribution in [0.1, 0.15) is 6.42 Å². The number of hydrogen-bond acceptors (Lipinski definition) is 7. The molecule has 0 amide bonds. The van der Waals surface area contributed by atoms with Crippen molar-refractivity contribution in [3.05, 3.63) is 58.6 Å². The van der Waals surface area contributed by atoms with Crippen LogP contribution in [0.15, 0.2) is 53.4 Å². The number of non-ortho nitro benzene ring substituents is 1. The first-order valence-corrected chi connectivity index (χ1v) is 11.2. The first-order valence-electron chi connectivity index (χ1n) is 9.75. The van der Waals surface area contributed by atoms with E-state index >= 15 is 0 Å². The van der Waals surface area contributed by atoms with Gasteiger partial charge in [0.1, 0.15) is 5.75 Å². The van der Waals surface area contributed by atoms with E-state index < -0.39 is 14.9 Å². The summed E-state index contributed by atoms with van der Waals surface area (Å²) >= 11 is 0. The van der Waals surface area contributed by atoms with Gasteiger partial charge in [0.05, 0.1) is 22.6 Å². The quantitative estimate of drug-likeness (QED) is 0.366. The first kappa shape index (κ1) is 22.0. The van der Waals surface area contributed by atoms with E-state index in [1.165, 1.54) is 24.3 Å². The van der Waals surface area contributed by atoms with Gasteiger partial charge >= 0.3 is 0 Å². The summed E-state index contributed by atoms with van der Waals surface area (Å²) in [5, 5.41) is 10.7. The van der Waals surface area contributed by atoms with Gasteiger partial charge in [-0.1, -0.05) is 12.1 Å². The summed E-state index contributed by atoms with van der Waals surface area (Å²) in [6, 6.07) is 12.8. The number of ether oxygens (including phenoxy) is 1. The van der Waals surface area contributed by atoms with Crippen LogP contribution in [0.25, 0.3) is 0 Å². The highest BCUT2D eigenvalue weighted by Gasteiger charge is 2.20. The molecule has 0 saturated carbocycles. The Labute approximate surface area is 176 Å². The van der Waals surface area contributed by atoms with Gasteiger partial charge in [-0.05, 0) is 37.2 Å². The van der Waals surface area contributed by atoms with Crippen LogP contribution in [0.3, 0.4) is 0 Å². The van der Waals surface area contributed by atoms with E-state index in [1.807, 2.05) is 18.2 Å². The highest BCUT2D eigenvalue weighted by Crippen LogP contribution is 2.28. The number of piperazine rings is 1. The lowest BCUT2D eigenvalue weighted by molar-refractivity contribution is -0.384. The van der Waals surface area contributed by atoms with E-state index in [-0.39, 0.29) is 10.6 Å². The van der Waals surface area contributed by atoms with Gasteiger partial charge in [-0.2, -0.15) is 0 Å². The standard InChI is InChI=1S/C20H26N4O5S/c1-29-20-6-3-2-5-19(20)23-15-13-22(14-16-23)12-4-11-21-30(27,28)18-9-7-17(8-10-18)24(25)26/h2-3,5-10,21H,4,11-16H2,1H3. The van der Waals surface area contributed by atoms with Gasteiger partial charge in [-0.15, -0.1) is 0 Å². The Morgan fingerprint density at radius 2 is 1.73 bits per heavy atom. The average molecular weight is 435 g/mol. The summed E-state index contributed by atoms with van der Waals surface area (Å²) in [5.41, 5.74) is 0.955. The smallest absolute Gasteiger partial charge is 0.269 e. The summed E-state index contributed by atoms with van der Waals surface area (Å²) in [4.78, 5) is 14.8. The normalized spacial score (nSPS) is 15.2. The third-order valence-electron chi connectivity index (χ3n) is 5.10. The molecule has 0 aromatic heterocycles. The maximum Gasteiger partial charge on any atom is 0.269 e. The van der Waals surface area contributed by atoms with E-state index in [1.54, 1.807) is 7.11 Å². The van der Waals surface area contributed by atoms with Gasteiger partial charge in [0.2, 0.25) is 10.0 Å². The minimum atomic E-state index is -3.67. The fourth-order valence-corrected chi connectivity index (χ4v) is 4.52. The molecule has 10 heteroatoms.